The lowest BCUT2D eigenvalue weighted by molar-refractivity contribution is -0.134. The molecule has 0 bridgehead atoms. The maximum atomic E-state index is 13.3. The van der Waals surface area contributed by atoms with Crippen LogP contribution in [0.3, 0.4) is 0 Å². The number of amides is 1. The minimum absolute atomic E-state index is 0.0816. The van der Waals surface area contributed by atoms with E-state index in [2.05, 4.69) is 0 Å². The summed E-state index contributed by atoms with van der Waals surface area (Å²) in [5.74, 6) is 2.16. The highest BCUT2D eigenvalue weighted by Crippen LogP contribution is 2.38. The van der Waals surface area contributed by atoms with Gasteiger partial charge in [0.05, 0.1) is 25.3 Å². The summed E-state index contributed by atoms with van der Waals surface area (Å²) in [5.41, 5.74) is 2.68. The number of para-hydroxylation sites is 2. The van der Waals surface area contributed by atoms with Crippen molar-refractivity contribution in [2.45, 2.75) is 38.3 Å². The molecule has 1 amide bonds. The van der Waals surface area contributed by atoms with Crippen molar-refractivity contribution >= 4 is 5.91 Å². The first-order chi connectivity index (χ1) is 16.6. The third-order valence-corrected chi connectivity index (χ3v) is 6.45. The van der Waals surface area contributed by atoms with Crippen molar-refractivity contribution in [1.29, 1.82) is 0 Å². The van der Waals surface area contributed by atoms with E-state index < -0.39 is 0 Å². The van der Waals surface area contributed by atoms with Gasteiger partial charge in [-0.3, -0.25) is 4.79 Å². The second kappa shape index (κ2) is 9.89. The van der Waals surface area contributed by atoms with E-state index in [4.69, 9.17) is 19.3 Å². The number of hydrogen-bond acceptors (Lipinski definition) is 5. The van der Waals surface area contributed by atoms with Gasteiger partial charge in [-0.05, 0) is 37.8 Å². The van der Waals surface area contributed by atoms with Crippen LogP contribution in [0.5, 0.6) is 17.4 Å². The molecule has 0 spiro atoms. The highest BCUT2D eigenvalue weighted by Gasteiger charge is 2.36. The SMILES string of the molecule is COc1ccccc1Oc1c(CN(CC2CCCO2)C(=O)C2CC2)c(-c2ccccc2)nn1C. The first kappa shape index (κ1) is 22.5. The Morgan fingerprint density at radius 1 is 1.09 bits per heavy atom. The van der Waals surface area contributed by atoms with E-state index in [0.29, 0.717) is 30.5 Å². The highest BCUT2D eigenvalue weighted by atomic mass is 16.5. The summed E-state index contributed by atoms with van der Waals surface area (Å²) in [6.07, 6.45) is 4.03. The summed E-state index contributed by atoms with van der Waals surface area (Å²) in [6.45, 7) is 1.77. The van der Waals surface area contributed by atoms with E-state index in [0.717, 1.165) is 49.1 Å². The Labute approximate surface area is 200 Å². The molecule has 7 nitrogen and oxygen atoms in total. The number of benzene rings is 2. The van der Waals surface area contributed by atoms with Crippen LogP contribution in [0.1, 0.15) is 31.2 Å². The van der Waals surface area contributed by atoms with Crippen LogP contribution in [0.4, 0.5) is 0 Å². The second-order valence-electron chi connectivity index (χ2n) is 9.00. The number of aromatic nitrogens is 2. The van der Waals surface area contributed by atoms with Crippen molar-refractivity contribution in [1.82, 2.24) is 14.7 Å². The third-order valence-electron chi connectivity index (χ3n) is 6.45. The second-order valence-corrected chi connectivity index (χ2v) is 9.00. The van der Waals surface area contributed by atoms with Crippen LogP contribution in [0, 0.1) is 5.92 Å². The zero-order valence-electron chi connectivity index (χ0n) is 19.8. The number of nitrogens with zero attached hydrogens (tertiary/aromatic N) is 3. The van der Waals surface area contributed by atoms with Crippen LogP contribution in [0.25, 0.3) is 11.3 Å². The van der Waals surface area contributed by atoms with E-state index in [1.165, 1.54) is 0 Å². The summed E-state index contributed by atoms with van der Waals surface area (Å²) in [7, 11) is 3.49. The number of rotatable bonds is 9. The number of aryl methyl sites for hydroxylation is 1. The Kier molecular flexibility index (Phi) is 6.54. The standard InChI is InChI=1S/C27H31N3O4/c1-29-27(34-24-13-7-6-12-23(24)32-2)22(25(28-29)19-9-4-3-5-10-19)18-30(26(31)20-14-15-20)17-21-11-8-16-33-21/h3-7,9-10,12-13,20-21H,8,11,14-18H2,1-2H3. The Bertz CT molecular complexity index is 1130. The van der Waals surface area contributed by atoms with Gasteiger partial charge in [0.15, 0.2) is 11.5 Å². The van der Waals surface area contributed by atoms with Gasteiger partial charge in [-0.25, -0.2) is 4.68 Å². The van der Waals surface area contributed by atoms with Crippen LogP contribution >= 0.6 is 0 Å². The van der Waals surface area contributed by atoms with Crippen molar-refractivity contribution in [3.8, 4) is 28.6 Å². The highest BCUT2D eigenvalue weighted by molar-refractivity contribution is 5.81. The molecule has 2 aromatic carbocycles. The number of methoxy groups -OCH3 is 1. The van der Waals surface area contributed by atoms with E-state index in [-0.39, 0.29) is 17.9 Å². The molecule has 1 saturated heterocycles. The molecule has 1 aromatic heterocycles. The molecule has 1 saturated carbocycles. The topological polar surface area (TPSA) is 65.8 Å². The largest absolute Gasteiger partial charge is 0.493 e. The fraction of sp³-hybridized carbons (Fsp3) is 0.407. The van der Waals surface area contributed by atoms with E-state index in [9.17, 15) is 4.79 Å². The summed E-state index contributed by atoms with van der Waals surface area (Å²) >= 11 is 0. The number of ether oxygens (including phenoxy) is 3. The minimum atomic E-state index is 0.0816. The van der Waals surface area contributed by atoms with Gasteiger partial charge in [-0.15, -0.1) is 0 Å². The molecule has 1 unspecified atom stereocenters. The van der Waals surface area contributed by atoms with Crippen LogP contribution in [-0.2, 0) is 23.1 Å². The van der Waals surface area contributed by atoms with Gasteiger partial charge in [0.25, 0.3) is 0 Å². The molecule has 1 atom stereocenters. The Morgan fingerprint density at radius 3 is 2.50 bits per heavy atom. The molecule has 0 N–H and O–H groups in total. The van der Waals surface area contributed by atoms with Crippen LogP contribution in [0.15, 0.2) is 54.6 Å². The lowest BCUT2D eigenvalue weighted by Gasteiger charge is -2.26. The van der Waals surface area contributed by atoms with Crippen molar-refractivity contribution < 1.29 is 19.0 Å². The van der Waals surface area contributed by atoms with Gasteiger partial charge >= 0.3 is 0 Å². The van der Waals surface area contributed by atoms with Gasteiger partial charge in [0.2, 0.25) is 11.8 Å². The molecule has 7 heteroatoms. The lowest BCUT2D eigenvalue weighted by Crippen LogP contribution is -2.38. The fourth-order valence-electron chi connectivity index (χ4n) is 4.50. The monoisotopic (exact) mass is 461 g/mol. The maximum absolute atomic E-state index is 13.3. The first-order valence-electron chi connectivity index (χ1n) is 12.0. The maximum Gasteiger partial charge on any atom is 0.226 e. The van der Waals surface area contributed by atoms with Crippen molar-refractivity contribution in [2.24, 2.45) is 13.0 Å². The average molecular weight is 462 g/mol. The van der Waals surface area contributed by atoms with Gasteiger partial charge in [0, 0.05) is 31.7 Å². The average Bonchev–Trinajstić information content (AvgIpc) is 3.51. The first-order valence-corrected chi connectivity index (χ1v) is 12.0. The molecule has 1 aliphatic carbocycles. The Hall–Kier alpha value is -3.32. The molecule has 2 heterocycles. The van der Waals surface area contributed by atoms with E-state index in [1.54, 1.807) is 11.8 Å². The molecule has 3 aromatic rings. The third kappa shape index (κ3) is 4.80. The Balaban J connectivity index is 1.54. The fourth-order valence-corrected chi connectivity index (χ4v) is 4.50. The van der Waals surface area contributed by atoms with Crippen molar-refractivity contribution in [3.63, 3.8) is 0 Å². The molecule has 178 valence electrons. The molecule has 1 aliphatic heterocycles. The van der Waals surface area contributed by atoms with Crippen molar-refractivity contribution in [2.75, 3.05) is 20.3 Å². The minimum Gasteiger partial charge on any atom is -0.493 e. The predicted octanol–water partition coefficient (Wildman–Crippen LogP) is 4.81. The number of carbonyl (C=O) groups is 1. The quantitative estimate of drug-likeness (QED) is 0.458. The molecule has 34 heavy (non-hydrogen) atoms. The summed E-state index contributed by atoms with van der Waals surface area (Å²) < 4.78 is 19.5. The van der Waals surface area contributed by atoms with Gasteiger partial charge in [-0.1, -0.05) is 42.5 Å². The number of hydrogen-bond donors (Lipinski definition) is 0. The molecule has 2 fully saturated rings. The molecule has 2 aliphatic rings. The smallest absolute Gasteiger partial charge is 0.226 e. The summed E-state index contributed by atoms with van der Waals surface area (Å²) in [5, 5.41) is 4.82. The van der Waals surface area contributed by atoms with Crippen LogP contribution in [0.2, 0.25) is 0 Å². The molecule has 0 radical (unpaired) electrons. The summed E-state index contributed by atoms with van der Waals surface area (Å²) in [6, 6.07) is 17.6. The van der Waals surface area contributed by atoms with Gasteiger partial charge in [0.1, 0.15) is 5.69 Å². The zero-order valence-corrected chi connectivity index (χ0v) is 19.8. The molecule has 5 rings (SSSR count). The normalized spacial score (nSPS) is 17.5. The van der Waals surface area contributed by atoms with Gasteiger partial charge < -0.3 is 19.1 Å². The zero-order chi connectivity index (χ0) is 23.5. The molecular weight excluding hydrogens is 430 g/mol. The van der Waals surface area contributed by atoms with Crippen LogP contribution < -0.4 is 9.47 Å². The molecular formula is C27H31N3O4. The summed E-state index contributed by atoms with van der Waals surface area (Å²) in [4.78, 5) is 15.3. The lowest BCUT2D eigenvalue weighted by atomic mass is 10.1. The number of carbonyl (C=O) groups excluding carboxylic acids is 1. The van der Waals surface area contributed by atoms with Crippen molar-refractivity contribution in [3.05, 3.63) is 60.2 Å². The Morgan fingerprint density at radius 2 is 1.82 bits per heavy atom. The van der Waals surface area contributed by atoms with Gasteiger partial charge in [-0.2, -0.15) is 5.10 Å². The van der Waals surface area contributed by atoms with E-state index >= 15 is 0 Å². The van der Waals surface area contributed by atoms with E-state index in [1.807, 2.05) is 66.5 Å². The van der Waals surface area contributed by atoms with Crippen LogP contribution in [-0.4, -0.2) is 47.0 Å². The predicted molar refractivity (Wildman–Crippen MR) is 129 cm³/mol.